The van der Waals surface area contributed by atoms with Crippen LogP contribution in [0.5, 0.6) is 11.5 Å². The zero-order valence-electron chi connectivity index (χ0n) is 15.3. The molecule has 0 aliphatic carbocycles. The van der Waals surface area contributed by atoms with E-state index < -0.39 is 0 Å². The molecule has 142 valence electrons. The number of ether oxygens (including phenoxy) is 2. The monoisotopic (exact) mass is 395 g/mol. The van der Waals surface area contributed by atoms with Gasteiger partial charge in [-0.05, 0) is 30.3 Å². The second-order valence-corrected chi connectivity index (χ2v) is 6.72. The molecule has 0 aliphatic heterocycles. The molecule has 0 radical (unpaired) electrons. The molecule has 0 aliphatic rings. The number of hydrogen-bond donors (Lipinski definition) is 1. The predicted molar refractivity (Wildman–Crippen MR) is 106 cm³/mol. The molecule has 2 heterocycles. The number of benzene rings is 2. The number of hydrogen-bond acceptors (Lipinski definition) is 7. The molecule has 0 saturated heterocycles. The van der Waals surface area contributed by atoms with Crippen LogP contribution in [0.3, 0.4) is 0 Å². The van der Waals surface area contributed by atoms with Crippen molar-refractivity contribution in [2.24, 2.45) is 0 Å². The van der Waals surface area contributed by atoms with Crippen molar-refractivity contribution >= 4 is 34.0 Å². The summed E-state index contributed by atoms with van der Waals surface area (Å²) in [6, 6.07) is 10.4. The third kappa shape index (κ3) is 3.81. The first-order valence-electron chi connectivity index (χ1n) is 8.49. The molecule has 0 saturated carbocycles. The van der Waals surface area contributed by atoms with E-state index >= 15 is 0 Å². The van der Waals surface area contributed by atoms with Gasteiger partial charge in [-0.2, -0.15) is 0 Å². The van der Waals surface area contributed by atoms with Gasteiger partial charge < -0.3 is 19.2 Å². The average Bonchev–Trinajstić information content (AvgIpc) is 3.34. The minimum atomic E-state index is -0.264. The van der Waals surface area contributed by atoms with Crippen molar-refractivity contribution in [1.82, 2.24) is 9.97 Å². The highest BCUT2D eigenvalue weighted by Crippen LogP contribution is 2.29. The van der Waals surface area contributed by atoms with Crippen molar-refractivity contribution < 1.29 is 18.7 Å². The topological polar surface area (TPSA) is 86.5 Å². The van der Waals surface area contributed by atoms with Gasteiger partial charge in [-0.1, -0.05) is 0 Å². The van der Waals surface area contributed by atoms with Crippen molar-refractivity contribution in [3.05, 3.63) is 64.4 Å². The Kier molecular flexibility index (Phi) is 4.94. The molecule has 8 heteroatoms. The number of fused-ring (bicyclic) bond motifs is 1. The number of amides is 1. The lowest BCUT2D eigenvalue weighted by molar-refractivity contribution is 0.102. The van der Waals surface area contributed by atoms with Crippen LogP contribution in [0.4, 0.5) is 5.69 Å². The molecular formula is C20H17N3O4S. The zero-order chi connectivity index (χ0) is 19.5. The van der Waals surface area contributed by atoms with E-state index in [9.17, 15) is 4.79 Å². The summed E-state index contributed by atoms with van der Waals surface area (Å²) in [6.45, 7) is 2.12. The molecule has 0 unspecified atom stereocenters. The van der Waals surface area contributed by atoms with Crippen LogP contribution < -0.4 is 14.8 Å². The largest absolute Gasteiger partial charge is 0.493 e. The minimum Gasteiger partial charge on any atom is -0.493 e. The molecule has 0 atom stereocenters. The Morgan fingerprint density at radius 3 is 2.89 bits per heavy atom. The molecule has 28 heavy (non-hydrogen) atoms. The maximum Gasteiger partial charge on any atom is 0.255 e. The van der Waals surface area contributed by atoms with E-state index in [2.05, 4.69) is 15.3 Å². The molecule has 2 aromatic heterocycles. The highest BCUT2D eigenvalue weighted by Gasteiger charge is 2.13. The van der Waals surface area contributed by atoms with Crippen LogP contribution in [0.25, 0.3) is 11.1 Å². The van der Waals surface area contributed by atoms with E-state index in [1.165, 1.54) is 18.4 Å². The number of aryl methyl sites for hydroxylation is 1. The third-order valence-corrected chi connectivity index (χ3v) is 4.67. The summed E-state index contributed by atoms with van der Waals surface area (Å²) in [6.07, 6.45) is 0. The number of carbonyl (C=O) groups excluding carboxylic acids is 1. The zero-order valence-corrected chi connectivity index (χ0v) is 16.1. The van der Waals surface area contributed by atoms with Crippen LogP contribution in [0.15, 0.2) is 51.7 Å². The summed E-state index contributed by atoms with van der Waals surface area (Å²) in [4.78, 5) is 21.0. The van der Waals surface area contributed by atoms with E-state index in [0.29, 0.717) is 40.8 Å². The first kappa shape index (κ1) is 18.0. The standard InChI is InChI=1S/C20H17N3O4S/c1-12-22-16-5-4-14(8-18(16)27-12)23-20(24)13-3-6-17(19(7-13)25-2)26-9-15-10-28-11-21-15/h3-8,10-11H,9H2,1-2H3,(H,23,24). The quantitative estimate of drug-likeness (QED) is 0.520. The van der Waals surface area contributed by atoms with Gasteiger partial charge in [0, 0.05) is 29.6 Å². The van der Waals surface area contributed by atoms with Gasteiger partial charge in [0.25, 0.3) is 5.91 Å². The number of oxazole rings is 1. The first-order chi connectivity index (χ1) is 13.6. The summed E-state index contributed by atoms with van der Waals surface area (Å²) in [7, 11) is 1.53. The Labute approximate surface area is 164 Å². The maximum atomic E-state index is 12.6. The molecule has 1 N–H and O–H groups in total. The Morgan fingerprint density at radius 1 is 1.21 bits per heavy atom. The Morgan fingerprint density at radius 2 is 2.11 bits per heavy atom. The van der Waals surface area contributed by atoms with Gasteiger partial charge in [0.1, 0.15) is 12.1 Å². The Bertz CT molecular complexity index is 1120. The summed E-state index contributed by atoms with van der Waals surface area (Å²) in [5, 5.41) is 4.77. The summed E-state index contributed by atoms with van der Waals surface area (Å²) in [5.74, 6) is 1.34. The van der Waals surface area contributed by atoms with Crippen molar-refractivity contribution in [3.8, 4) is 11.5 Å². The number of rotatable bonds is 6. The van der Waals surface area contributed by atoms with E-state index in [1.807, 2.05) is 5.38 Å². The molecule has 1 amide bonds. The molecule has 7 nitrogen and oxygen atoms in total. The summed E-state index contributed by atoms with van der Waals surface area (Å²) in [5.41, 5.74) is 5.04. The van der Waals surface area contributed by atoms with E-state index in [-0.39, 0.29) is 5.91 Å². The normalized spacial score (nSPS) is 10.8. The number of nitrogens with zero attached hydrogens (tertiary/aromatic N) is 2. The fourth-order valence-corrected chi connectivity index (χ4v) is 3.25. The van der Waals surface area contributed by atoms with Crippen molar-refractivity contribution in [2.75, 3.05) is 12.4 Å². The molecule has 4 aromatic rings. The minimum absolute atomic E-state index is 0.264. The van der Waals surface area contributed by atoms with E-state index in [0.717, 1.165) is 11.2 Å². The van der Waals surface area contributed by atoms with Gasteiger partial charge in [0.05, 0.1) is 18.3 Å². The van der Waals surface area contributed by atoms with E-state index in [1.54, 1.807) is 48.8 Å². The number of methoxy groups -OCH3 is 1. The highest BCUT2D eigenvalue weighted by atomic mass is 32.1. The molecule has 0 spiro atoms. The van der Waals surface area contributed by atoms with Crippen molar-refractivity contribution in [1.29, 1.82) is 0 Å². The fourth-order valence-electron chi connectivity index (χ4n) is 2.71. The Balaban J connectivity index is 1.49. The fraction of sp³-hybridized carbons (Fsp3) is 0.150. The highest BCUT2D eigenvalue weighted by molar-refractivity contribution is 7.07. The number of anilines is 1. The van der Waals surface area contributed by atoms with E-state index in [4.69, 9.17) is 13.9 Å². The first-order valence-corrected chi connectivity index (χ1v) is 9.43. The smallest absolute Gasteiger partial charge is 0.255 e. The van der Waals surface area contributed by atoms with Crippen LogP contribution >= 0.6 is 11.3 Å². The lowest BCUT2D eigenvalue weighted by Gasteiger charge is -2.12. The summed E-state index contributed by atoms with van der Waals surface area (Å²) >= 11 is 1.51. The van der Waals surface area contributed by atoms with Crippen molar-refractivity contribution in [2.45, 2.75) is 13.5 Å². The number of carbonyl (C=O) groups is 1. The third-order valence-electron chi connectivity index (χ3n) is 4.04. The lowest BCUT2D eigenvalue weighted by Crippen LogP contribution is -2.12. The van der Waals surface area contributed by atoms with Crippen LogP contribution in [0.2, 0.25) is 0 Å². The van der Waals surface area contributed by atoms with Gasteiger partial charge in [0.15, 0.2) is 23.0 Å². The molecule has 0 bridgehead atoms. The Hall–Kier alpha value is -3.39. The van der Waals surface area contributed by atoms with Crippen LogP contribution in [0.1, 0.15) is 21.9 Å². The van der Waals surface area contributed by atoms with Gasteiger partial charge >= 0.3 is 0 Å². The number of thiazole rings is 1. The van der Waals surface area contributed by atoms with Crippen LogP contribution in [-0.4, -0.2) is 23.0 Å². The van der Waals surface area contributed by atoms with Crippen LogP contribution in [-0.2, 0) is 6.61 Å². The molecular weight excluding hydrogens is 378 g/mol. The SMILES string of the molecule is COc1cc(C(=O)Nc2ccc3nc(C)oc3c2)ccc1OCc1cscn1. The molecule has 0 fully saturated rings. The lowest BCUT2D eigenvalue weighted by atomic mass is 10.1. The molecule has 4 rings (SSSR count). The maximum absolute atomic E-state index is 12.6. The predicted octanol–water partition coefficient (Wildman–Crippen LogP) is 4.43. The summed E-state index contributed by atoms with van der Waals surface area (Å²) < 4.78 is 16.6. The van der Waals surface area contributed by atoms with Gasteiger partial charge in [-0.25, -0.2) is 9.97 Å². The van der Waals surface area contributed by atoms with Gasteiger partial charge in [-0.3, -0.25) is 4.79 Å². The van der Waals surface area contributed by atoms with Gasteiger partial charge in [-0.15, -0.1) is 11.3 Å². The average molecular weight is 395 g/mol. The molecule has 2 aromatic carbocycles. The second-order valence-electron chi connectivity index (χ2n) is 6.00. The van der Waals surface area contributed by atoms with Gasteiger partial charge in [0.2, 0.25) is 0 Å². The number of aromatic nitrogens is 2. The van der Waals surface area contributed by atoms with Crippen molar-refractivity contribution in [3.63, 3.8) is 0 Å². The van der Waals surface area contributed by atoms with Crippen LogP contribution in [0, 0.1) is 6.92 Å². The number of nitrogens with one attached hydrogen (secondary N) is 1. The second kappa shape index (κ2) is 7.69.